The van der Waals surface area contributed by atoms with E-state index in [1.165, 1.54) is 0 Å². The zero-order chi connectivity index (χ0) is 20.6. The highest BCUT2D eigenvalue weighted by Gasteiger charge is 2.53. The maximum absolute atomic E-state index is 13.1. The first kappa shape index (κ1) is 20.0. The van der Waals surface area contributed by atoms with Gasteiger partial charge in [-0.05, 0) is 37.1 Å². The smallest absolute Gasteiger partial charge is 0.394 e. The number of nitrogens with one attached hydrogen (secondary N) is 1. The lowest BCUT2D eigenvalue weighted by Crippen LogP contribution is -2.36. The molecule has 0 aromatic heterocycles. The van der Waals surface area contributed by atoms with Gasteiger partial charge in [0.25, 0.3) is 0 Å². The van der Waals surface area contributed by atoms with E-state index in [9.17, 15) is 27.6 Å². The molecule has 0 aliphatic carbocycles. The van der Waals surface area contributed by atoms with Crippen LogP contribution in [0.2, 0.25) is 0 Å². The molecule has 28 heavy (non-hydrogen) atoms. The Hall–Kier alpha value is -2.78. The van der Waals surface area contributed by atoms with Crippen LogP contribution in [0, 0.1) is 11.8 Å². The molecular weight excluding hydrogens is 379 g/mol. The first-order chi connectivity index (χ1) is 13.1. The third-order valence-electron chi connectivity index (χ3n) is 5.19. The second-order valence-corrected chi connectivity index (χ2v) is 6.91. The first-order valence-electron chi connectivity index (χ1n) is 8.90. The minimum Gasteiger partial charge on any atom is -0.481 e. The van der Waals surface area contributed by atoms with Crippen LogP contribution in [0.5, 0.6) is 0 Å². The molecular formula is C18H20F3N3O4. The number of aliphatic carboxylic acids is 1. The lowest BCUT2D eigenvalue weighted by atomic mass is 9.96. The number of nitrogens with zero attached hydrogens (tertiary/aromatic N) is 2. The van der Waals surface area contributed by atoms with Gasteiger partial charge in [0.15, 0.2) is 0 Å². The Kier molecular flexibility index (Phi) is 5.22. The Morgan fingerprint density at radius 2 is 1.96 bits per heavy atom. The normalized spacial score (nSPS) is 22.2. The van der Waals surface area contributed by atoms with Crippen molar-refractivity contribution < 1.29 is 32.7 Å². The monoisotopic (exact) mass is 399 g/mol. The number of carbonyl (C=O) groups excluding carboxylic acids is 2. The van der Waals surface area contributed by atoms with Gasteiger partial charge in [-0.1, -0.05) is 0 Å². The summed E-state index contributed by atoms with van der Waals surface area (Å²) in [6.45, 7) is 1.16. The van der Waals surface area contributed by atoms with Crippen LogP contribution in [0.15, 0.2) is 18.2 Å². The number of hydrogen-bond acceptors (Lipinski definition) is 3. The van der Waals surface area contributed by atoms with Crippen LogP contribution in [0.3, 0.4) is 0 Å². The number of hydrogen-bond donors (Lipinski definition) is 2. The van der Waals surface area contributed by atoms with Gasteiger partial charge in [0, 0.05) is 37.4 Å². The highest BCUT2D eigenvalue weighted by molar-refractivity contribution is 5.97. The number of rotatable bonds is 3. The molecule has 2 atom stereocenters. The van der Waals surface area contributed by atoms with Gasteiger partial charge in [-0.3, -0.25) is 9.59 Å². The Labute approximate surface area is 159 Å². The van der Waals surface area contributed by atoms with Crippen molar-refractivity contribution in [2.24, 2.45) is 11.8 Å². The molecule has 0 saturated carbocycles. The maximum atomic E-state index is 13.1. The molecule has 2 aliphatic heterocycles. The molecule has 1 aromatic rings. The molecule has 2 aliphatic rings. The number of carbonyl (C=O) groups is 3. The van der Waals surface area contributed by atoms with Crippen molar-refractivity contribution in [3.8, 4) is 0 Å². The first-order valence-corrected chi connectivity index (χ1v) is 8.90. The average Bonchev–Trinajstić information content (AvgIpc) is 3.08. The lowest BCUT2D eigenvalue weighted by Gasteiger charge is -2.29. The van der Waals surface area contributed by atoms with Crippen molar-refractivity contribution in [3.63, 3.8) is 0 Å². The van der Waals surface area contributed by atoms with Crippen molar-refractivity contribution in [2.75, 3.05) is 29.9 Å². The van der Waals surface area contributed by atoms with Crippen LogP contribution in [-0.4, -0.2) is 53.7 Å². The fourth-order valence-corrected chi connectivity index (χ4v) is 3.74. The minimum absolute atomic E-state index is 0.0155. The van der Waals surface area contributed by atoms with Crippen LogP contribution >= 0.6 is 0 Å². The van der Waals surface area contributed by atoms with Crippen molar-refractivity contribution in [2.45, 2.75) is 25.9 Å². The highest BCUT2D eigenvalue weighted by atomic mass is 19.4. The quantitative estimate of drug-likeness (QED) is 0.818. The molecule has 1 fully saturated rings. The van der Waals surface area contributed by atoms with Crippen LogP contribution in [0.4, 0.5) is 29.3 Å². The summed E-state index contributed by atoms with van der Waals surface area (Å²) >= 11 is 0. The summed E-state index contributed by atoms with van der Waals surface area (Å²) in [7, 11) is 0. The van der Waals surface area contributed by atoms with Crippen LogP contribution in [-0.2, 0) is 16.0 Å². The summed E-state index contributed by atoms with van der Waals surface area (Å²) in [5.41, 5.74) is 2.00. The number of halogens is 3. The fraction of sp³-hybridized carbons (Fsp3) is 0.500. The van der Waals surface area contributed by atoms with E-state index in [0.717, 1.165) is 16.2 Å². The number of amides is 3. The number of aryl methyl sites for hydroxylation is 1. The molecule has 0 bridgehead atoms. The molecule has 0 spiro atoms. The highest BCUT2D eigenvalue weighted by Crippen LogP contribution is 2.38. The molecule has 0 unspecified atom stereocenters. The van der Waals surface area contributed by atoms with Gasteiger partial charge < -0.3 is 20.2 Å². The molecule has 2 N–H and O–H groups in total. The molecule has 3 rings (SSSR count). The van der Waals surface area contributed by atoms with E-state index in [2.05, 4.69) is 5.32 Å². The van der Waals surface area contributed by atoms with Gasteiger partial charge in [0.1, 0.15) is 0 Å². The second kappa shape index (κ2) is 7.33. The lowest BCUT2D eigenvalue weighted by molar-refractivity contribution is -0.187. The SMILES string of the molecule is CCN1C(=O)CCc2cc(NC(=O)N3C[C@@H](C(F)(F)F)[C@H](C(=O)O)C3)ccc21. The standard InChI is InChI=1S/C18H20F3N3O4/c1-2-24-14-5-4-11(7-10(14)3-6-15(24)25)22-17(28)23-8-12(16(26)27)13(9-23)18(19,20)21/h4-5,7,12-13H,2-3,6,8-9H2,1H3,(H,22,28)(H,26,27)/t12-,13-/m1/s1. The van der Waals surface area contributed by atoms with Crippen molar-refractivity contribution >= 4 is 29.3 Å². The Bertz CT molecular complexity index is 812. The van der Waals surface area contributed by atoms with E-state index >= 15 is 0 Å². The van der Waals surface area contributed by atoms with E-state index in [-0.39, 0.29) is 5.91 Å². The molecule has 3 amide bonds. The molecule has 0 radical (unpaired) electrons. The third kappa shape index (κ3) is 3.76. The van der Waals surface area contributed by atoms with E-state index in [1.54, 1.807) is 23.1 Å². The summed E-state index contributed by atoms with van der Waals surface area (Å²) < 4.78 is 39.2. The predicted molar refractivity (Wildman–Crippen MR) is 94.1 cm³/mol. The van der Waals surface area contributed by atoms with Gasteiger partial charge in [0.05, 0.1) is 11.8 Å². The molecule has 1 saturated heterocycles. The van der Waals surface area contributed by atoms with Crippen molar-refractivity contribution in [1.29, 1.82) is 0 Å². The zero-order valence-electron chi connectivity index (χ0n) is 15.1. The van der Waals surface area contributed by atoms with E-state index in [4.69, 9.17) is 5.11 Å². The van der Waals surface area contributed by atoms with Crippen molar-refractivity contribution in [3.05, 3.63) is 23.8 Å². The summed E-state index contributed by atoms with van der Waals surface area (Å²) in [6.07, 6.45) is -3.84. The largest absolute Gasteiger partial charge is 0.481 e. The number of carboxylic acids is 1. The Balaban J connectivity index is 1.73. The second-order valence-electron chi connectivity index (χ2n) is 6.91. The minimum atomic E-state index is -4.69. The van der Waals surface area contributed by atoms with Crippen LogP contribution in [0.1, 0.15) is 18.9 Å². The molecule has 2 heterocycles. The van der Waals surface area contributed by atoms with Gasteiger partial charge >= 0.3 is 18.2 Å². The van der Waals surface area contributed by atoms with Crippen molar-refractivity contribution in [1.82, 2.24) is 4.90 Å². The summed E-state index contributed by atoms with van der Waals surface area (Å²) in [6, 6.07) is 4.17. The zero-order valence-corrected chi connectivity index (χ0v) is 15.1. The maximum Gasteiger partial charge on any atom is 0.394 e. The van der Waals surface area contributed by atoms with Gasteiger partial charge in [-0.15, -0.1) is 0 Å². The van der Waals surface area contributed by atoms with Crippen LogP contribution < -0.4 is 10.2 Å². The van der Waals surface area contributed by atoms with Crippen LogP contribution in [0.25, 0.3) is 0 Å². The fourth-order valence-electron chi connectivity index (χ4n) is 3.74. The molecule has 152 valence electrons. The number of benzene rings is 1. The molecule has 7 nitrogen and oxygen atoms in total. The third-order valence-corrected chi connectivity index (χ3v) is 5.19. The number of likely N-dealkylation sites (tertiary alicyclic amines) is 1. The van der Waals surface area contributed by atoms with E-state index in [1.807, 2.05) is 6.92 Å². The Morgan fingerprint density at radius 1 is 1.25 bits per heavy atom. The van der Waals surface area contributed by atoms with E-state index in [0.29, 0.717) is 25.1 Å². The number of anilines is 2. The average molecular weight is 399 g/mol. The summed E-state index contributed by atoms with van der Waals surface area (Å²) in [5, 5.41) is 11.6. The van der Waals surface area contributed by atoms with Gasteiger partial charge in [0.2, 0.25) is 5.91 Å². The molecule has 1 aromatic carbocycles. The number of carboxylic acid groups (broad SMARTS) is 1. The van der Waals surface area contributed by atoms with E-state index < -0.39 is 43.1 Å². The Morgan fingerprint density at radius 3 is 2.54 bits per heavy atom. The van der Waals surface area contributed by atoms with Gasteiger partial charge in [-0.25, -0.2) is 4.79 Å². The topological polar surface area (TPSA) is 90.0 Å². The number of urea groups is 1. The molecule has 10 heteroatoms. The summed E-state index contributed by atoms with van der Waals surface area (Å²) in [4.78, 5) is 38.0. The predicted octanol–water partition coefficient (Wildman–Crippen LogP) is 2.71. The summed E-state index contributed by atoms with van der Waals surface area (Å²) in [5.74, 6) is -5.33. The number of alkyl halides is 3. The number of fused-ring (bicyclic) bond motifs is 1. The van der Waals surface area contributed by atoms with Gasteiger partial charge in [-0.2, -0.15) is 13.2 Å².